The van der Waals surface area contributed by atoms with E-state index >= 15 is 0 Å². The van der Waals surface area contributed by atoms with E-state index in [0.717, 1.165) is 9.85 Å². The maximum Gasteiger partial charge on any atom is 0.335 e. The Kier molecular flexibility index (Phi) is 4.70. The number of benzene rings is 1. The van der Waals surface area contributed by atoms with Crippen LogP contribution in [0.5, 0.6) is 5.75 Å². The summed E-state index contributed by atoms with van der Waals surface area (Å²) < 4.78 is 30.8. The molecule has 0 amide bonds. The number of halogens is 1. The summed E-state index contributed by atoms with van der Waals surface area (Å²) in [6.07, 6.45) is 0. The molecule has 1 aromatic carbocycles. The maximum absolute atomic E-state index is 12.5. The lowest BCUT2D eigenvalue weighted by Crippen LogP contribution is -2.08. The van der Waals surface area contributed by atoms with Crippen LogP contribution in [0.2, 0.25) is 0 Å². The summed E-state index contributed by atoms with van der Waals surface area (Å²) in [6, 6.07) is 7.25. The lowest BCUT2D eigenvalue weighted by Gasteiger charge is -2.09. The molecule has 2 aromatic rings. The van der Waals surface area contributed by atoms with Gasteiger partial charge >= 0.3 is 5.97 Å². The predicted molar refractivity (Wildman–Crippen MR) is 82.9 cm³/mol. The molecule has 1 heterocycles. The van der Waals surface area contributed by atoms with E-state index in [1.165, 1.54) is 30.6 Å². The number of methoxy groups -OCH3 is 1. The second-order valence-corrected chi connectivity index (χ2v) is 8.64. The molecule has 0 aliphatic heterocycles. The number of carboxylic acid groups (broad SMARTS) is 1. The molecule has 0 atom stereocenters. The highest BCUT2D eigenvalue weighted by Crippen LogP contribution is 2.30. The lowest BCUT2D eigenvalue weighted by atomic mass is 10.2. The molecule has 8 heteroatoms. The van der Waals surface area contributed by atoms with Gasteiger partial charge in [0.15, 0.2) is 9.84 Å². The Balaban J connectivity index is 2.47. The fraction of sp³-hybridized carbons (Fsp3) is 0.154. The third-order valence-electron chi connectivity index (χ3n) is 2.71. The number of carbonyl (C=O) groups is 1. The van der Waals surface area contributed by atoms with Gasteiger partial charge in [-0.2, -0.15) is 0 Å². The highest BCUT2D eigenvalue weighted by molar-refractivity contribution is 9.11. The zero-order chi connectivity index (χ0) is 15.6. The molecule has 1 N–H and O–H groups in total. The van der Waals surface area contributed by atoms with Crippen LogP contribution in [0.4, 0.5) is 0 Å². The topological polar surface area (TPSA) is 80.7 Å². The van der Waals surface area contributed by atoms with Gasteiger partial charge in [0.1, 0.15) is 10.6 Å². The molecule has 0 radical (unpaired) electrons. The van der Waals surface area contributed by atoms with Crippen LogP contribution in [0.15, 0.2) is 39.0 Å². The summed E-state index contributed by atoms with van der Waals surface area (Å²) in [6.45, 7) is 0. The number of aromatic carboxylic acids is 1. The highest BCUT2D eigenvalue weighted by Gasteiger charge is 2.23. The molecule has 0 saturated heterocycles. The molecule has 0 aliphatic rings. The van der Waals surface area contributed by atoms with Crippen molar-refractivity contribution in [2.24, 2.45) is 0 Å². The minimum Gasteiger partial charge on any atom is -0.495 e. The summed E-state index contributed by atoms with van der Waals surface area (Å²) in [7, 11) is -2.35. The molecule has 2 rings (SSSR count). The van der Waals surface area contributed by atoms with E-state index in [1.807, 2.05) is 0 Å². The molecule has 5 nitrogen and oxygen atoms in total. The van der Waals surface area contributed by atoms with E-state index < -0.39 is 15.8 Å². The molecule has 21 heavy (non-hydrogen) atoms. The van der Waals surface area contributed by atoms with Gasteiger partial charge in [0.2, 0.25) is 0 Å². The second-order valence-electron chi connectivity index (χ2n) is 4.14. The van der Waals surface area contributed by atoms with Crippen LogP contribution in [-0.4, -0.2) is 26.6 Å². The molecule has 0 bridgehead atoms. The predicted octanol–water partition coefficient (Wildman–Crippen LogP) is 3.19. The molecular weight excluding hydrogens is 380 g/mol. The van der Waals surface area contributed by atoms with Crippen LogP contribution in [-0.2, 0) is 15.6 Å². The van der Waals surface area contributed by atoms with Crippen molar-refractivity contribution in [2.75, 3.05) is 7.11 Å². The quantitative estimate of drug-likeness (QED) is 0.847. The minimum absolute atomic E-state index is 0.0956. The number of ether oxygens (including phenoxy) is 1. The Morgan fingerprint density at radius 3 is 2.57 bits per heavy atom. The van der Waals surface area contributed by atoms with Gasteiger partial charge in [-0.25, -0.2) is 13.2 Å². The Hall–Kier alpha value is -1.38. The van der Waals surface area contributed by atoms with Crippen molar-refractivity contribution in [3.8, 4) is 5.75 Å². The number of hydrogen-bond donors (Lipinski definition) is 1. The van der Waals surface area contributed by atoms with Crippen molar-refractivity contribution in [3.63, 3.8) is 0 Å². The molecular formula is C13H11BrO5S2. The van der Waals surface area contributed by atoms with Crippen LogP contribution in [0.1, 0.15) is 15.2 Å². The van der Waals surface area contributed by atoms with E-state index in [2.05, 4.69) is 15.9 Å². The summed E-state index contributed by atoms with van der Waals surface area (Å²) in [5, 5.41) is 8.99. The van der Waals surface area contributed by atoms with E-state index in [1.54, 1.807) is 12.1 Å². The molecule has 0 saturated carbocycles. The highest BCUT2D eigenvalue weighted by atomic mass is 79.9. The van der Waals surface area contributed by atoms with Crippen molar-refractivity contribution in [1.82, 2.24) is 0 Å². The number of sulfone groups is 1. The third-order valence-corrected chi connectivity index (χ3v) is 6.19. The van der Waals surface area contributed by atoms with Gasteiger partial charge in [0.25, 0.3) is 0 Å². The molecule has 0 spiro atoms. The molecule has 0 aliphatic carbocycles. The first-order chi connectivity index (χ1) is 9.83. The Morgan fingerprint density at radius 1 is 1.33 bits per heavy atom. The van der Waals surface area contributed by atoms with Crippen LogP contribution in [0, 0.1) is 0 Å². The third kappa shape index (κ3) is 3.63. The van der Waals surface area contributed by atoms with Crippen molar-refractivity contribution >= 4 is 43.1 Å². The van der Waals surface area contributed by atoms with Gasteiger partial charge in [-0.15, -0.1) is 11.3 Å². The second kappa shape index (κ2) is 6.17. The molecule has 112 valence electrons. The standard InChI is InChI=1S/C13H11BrO5S2/c1-19-10-4-2-8(13(15)16)6-11(10)21(17,18)7-9-3-5-12(14)20-9/h2-6H,7H2,1H3,(H,15,16). The Labute approximate surface area is 134 Å². The van der Waals surface area contributed by atoms with Gasteiger partial charge in [0, 0.05) is 4.88 Å². The zero-order valence-electron chi connectivity index (χ0n) is 10.9. The lowest BCUT2D eigenvalue weighted by molar-refractivity contribution is 0.0696. The monoisotopic (exact) mass is 390 g/mol. The number of hydrogen-bond acceptors (Lipinski definition) is 5. The van der Waals surface area contributed by atoms with Gasteiger partial charge in [0.05, 0.1) is 22.2 Å². The first-order valence-electron chi connectivity index (χ1n) is 5.72. The van der Waals surface area contributed by atoms with Crippen molar-refractivity contribution in [1.29, 1.82) is 0 Å². The van der Waals surface area contributed by atoms with Gasteiger partial charge in [-0.05, 0) is 46.3 Å². The fourth-order valence-corrected chi connectivity index (χ4v) is 5.12. The Morgan fingerprint density at radius 2 is 2.05 bits per heavy atom. The first kappa shape index (κ1) is 16.0. The smallest absolute Gasteiger partial charge is 0.335 e. The number of thiophene rings is 1. The number of carboxylic acids is 1. The van der Waals surface area contributed by atoms with Crippen LogP contribution < -0.4 is 4.74 Å². The number of rotatable bonds is 5. The van der Waals surface area contributed by atoms with E-state index in [0.29, 0.717) is 4.88 Å². The van der Waals surface area contributed by atoms with E-state index in [4.69, 9.17) is 9.84 Å². The first-order valence-corrected chi connectivity index (χ1v) is 8.98. The van der Waals surface area contributed by atoms with Crippen molar-refractivity contribution < 1.29 is 23.1 Å². The minimum atomic E-state index is -3.70. The van der Waals surface area contributed by atoms with Crippen molar-refractivity contribution in [2.45, 2.75) is 10.6 Å². The SMILES string of the molecule is COc1ccc(C(=O)O)cc1S(=O)(=O)Cc1ccc(Br)s1. The van der Waals surface area contributed by atoms with Crippen LogP contribution >= 0.6 is 27.3 Å². The zero-order valence-corrected chi connectivity index (χ0v) is 14.1. The maximum atomic E-state index is 12.5. The average Bonchev–Trinajstić information content (AvgIpc) is 2.82. The molecule has 0 unspecified atom stereocenters. The fourth-order valence-electron chi connectivity index (χ4n) is 1.75. The van der Waals surface area contributed by atoms with Gasteiger partial charge in [-0.3, -0.25) is 0 Å². The van der Waals surface area contributed by atoms with Crippen LogP contribution in [0.25, 0.3) is 0 Å². The summed E-state index contributed by atoms with van der Waals surface area (Å²) in [5.74, 6) is -1.26. The van der Waals surface area contributed by atoms with Gasteiger partial charge in [-0.1, -0.05) is 0 Å². The summed E-state index contributed by atoms with van der Waals surface area (Å²) in [5.41, 5.74) is -0.0956. The van der Waals surface area contributed by atoms with E-state index in [-0.39, 0.29) is 22.0 Å². The Bertz CT molecular complexity index is 780. The molecule has 0 fully saturated rings. The van der Waals surface area contributed by atoms with Crippen molar-refractivity contribution in [3.05, 3.63) is 44.6 Å². The largest absolute Gasteiger partial charge is 0.495 e. The normalized spacial score (nSPS) is 11.3. The van der Waals surface area contributed by atoms with Gasteiger partial charge < -0.3 is 9.84 Å². The average molecular weight is 391 g/mol. The summed E-state index contributed by atoms with van der Waals surface area (Å²) >= 11 is 4.59. The molecule has 1 aromatic heterocycles. The van der Waals surface area contributed by atoms with E-state index in [9.17, 15) is 13.2 Å². The summed E-state index contributed by atoms with van der Waals surface area (Å²) in [4.78, 5) is 11.5. The van der Waals surface area contributed by atoms with Crippen LogP contribution in [0.3, 0.4) is 0 Å².